The number of rotatable bonds is 5. The van der Waals surface area contributed by atoms with E-state index in [9.17, 15) is 0 Å². The monoisotopic (exact) mass is 402 g/mol. The first-order chi connectivity index (χ1) is 14.4. The second-order valence-electron chi connectivity index (χ2n) is 7.19. The van der Waals surface area contributed by atoms with Crippen molar-refractivity contribution in [2.75, 3.05) is 24.6 Å². The Morgan fingerprint density at radius 3 is 2.69 bits per heavy atom. The largest absolute Gasteiger partial charge is 0.288 e. The molecule has 6 nitrogen and oxygen atoms in total. The fraction of sp³-hybridized carbons (Fsp3) is 0.273. The van der Waals surface area contributed by atoms with Crippen molar-refractivity contribution < 1.29 is 0 Å². The summed E-state index contributed by atoms with van der Waals surface area (Å²) >= 11 is 2.01. The highest BCUT2D eigenvalue weighted by Crippen LogP contribution is 2.31. The highest BCUT2D eigenvalue weighted by molar-refractivity contribution is 7.99. The van der Waals surface area contributed by atoms with Crippen LogP contribution in [0.1, 0.15) is 23.0 Å². The highest BCUT2D eigenvalue weighted by atomic mass is 32.2. The minimum atomic E-state index is 0.0271. The number of nitrogens with zero attached hydrogens (tertiary/aromatic N) is 6. The van der Waals surface area contributed by atoms with Gasteiger partial charge < -0.3 is 0 Å². The van der Waals surface area contributed by atoms with Crippen molar-refractivity contribution in [3.05, 3.63) is 83.8 Å². The molecule has 0 spiro atoms. The van der Waals surface area contributed by atoms with Gasteiger partial charge in [-0.3, -0.25) is 9.88 Å². The SMILES string of the molecule is c1ccc(Cn2nnnc2[C@@H](c2ccc3ncccc3c2)N2CCSCC2)cc1. The number of tetrazole rings is 1. The van der Waals surface area contributed by atoms with E-state index < -0.39 is 0 Å². The van der Waals surface area contributed by atoms with Crippen molar-refractivity contribution in [2.45, 2.75) is 12.6 Å². The zero-order valence-corrected chi connectivity index (χ0v) is 16.9. The number of hydrogen-bond donors (Lipinski definition) is 0. The summed E-state index contributed by atoms with van der Waals surface area (Å²) in [6.45, 7) is 2.72. The van der Waals surface area contributed by atoms with E-state index in [1.807, 2.05) is 34.8 Å². The molecular formula is C22H22N6S. The maximum Gasteiger partial charge on any atom is 0.173 e. The smallest absolute Gasteiger partial charge is 0.173 e. The molecule has 7 heteroatoms. The number of aromatic nitrogens is 5. The zero-order chi connectivity index (χ0) is 19.5. The number of benzene rings is 2. The van der Waals surface area contributed by atoms with Gasteiger partial charge in [-0.25, -0.2) is 4.68 Å². The molecule has 2 aromatic carbocycles. The van der Waals surface area contributed by atoms with Gasteiger partial charge in [0.05, 0.1) is 18.1 Å². The molecule has 0 saturated carbocycles. The molecule has 0 aliphatic carbocycles. The third kappa shape index (κ3) is 3.88. The summed E-state index contributed by atoms with van der Waals surface area (Å²) in [6.07, 6.45) is 1.84. The van der Waals surface area contributed by atoms with Crippen molar-refractivity contribution >= 4 is 22.7 Å². The summed E-state index contributed by atoms with van der Waals surface area (Å²) in [6, 6.07) is 21.0. The van der Waals surface area contributed by atoms with Gasteiger partial charge in [-0.2, -0.15) is 11.8 Å². The van der Waals surface area contributed by atoms with Gasteiger partial charge in [0.25, 0.3) is 0 Å². The van der Waals surface area contributed by atoms with Gasteiger partial charge in [0.1, 0.15) is 0 Å². The maximum atomic E-state index is 4.48. The van der Waals surface area contributed by atoms with E-state index >= 15 is 0 Å². The van der Waals surface area contributed by atoms with Crippen LogP contribution in [-0.4, -0.2) is 54.7 Å². The van der Waals surface area contributed by atoms with Crippen molar-refractivity contribution in [1.82, 2.24) is 30.1 Å². The molecule has 1 atom stereocenters. The average molecular weight is 403 g/mol. The Hall–Kier alpha value is -2.77. The van der Waals surface area contributed by atoms with Gasteiger partial charge in [0.2, 0.25) is 0 Å². The van der Waals surface area contributed by atoms with Gasteiger partial charge in [-0.15, -0.1) is 5.10 Å². The number of thioether (sulfide) groups is 1. The topological polar surface area (TPSA) is 59.7 Å². The van der Waals surface area contributed by atoms with Crippen LogP contribution in [0.5, 0.6) is 0 Å². The quantitative estimate of drug-likeness (QED) is 0.510. The van der Waals surface area contributed by atoms with Crippen LogP contribution in [0.3, 0.4) is 0 Å². The molecule has 1 saturated heterocycles. The second kappa shape index (κ2) is 8.31. The van der Waals surface area contributed by atoms with Crippen LogP contribution < -0.4 is 0 Å². The van der Waals surface area contributed by atoms with Crippen LogP contribution >= 0.6 is 11.8 Å². The number of fused-ring (bicyclic) bond motifs is 1. The third-order valence-corrected chi connectivity index (χ3v) is 6.28. The number of hydrogen-bond acceptors (Lipinski definition) is 6. The van der Waals surface area contributed by atoms with E-state index in [0.717, 1.165) is 41.3 Å². The molecule has 0 N–H and O–H groups in total. The fourth-order valence-electron chi connectivity index (χ4n) is 3.90. The molecule has 5 rings (SSSR count). The summed E-state index contributed by atoms with van der Waals surface area (Å²) in [5.74, 6) is 3.15. The normalized spacial score (nSPS) is 16.1. The van der Waals surface area contributed by atoms with Crippen LogP contribution in [-0.2, 0) is 6.54 Å². The third-order valence-electron chi connectivity index (χ3n) is 5.33. The summed E-state index contributed by atoms with van der Waals surface area (Å²) in [4.78, 5) is 6.97. The molecule has 29 heavy (non-hydrogen) atoms. The molecule has 0 bridgehead atoms. The number of pyridine rings is 1. The summed E-state index contributed by atoms with van der Waals surface area (Å²) in [7, 11) is 0. The van der Waals surface area contributed by atoms with Crippen LogP contribution in [0.2, 0.25) is 0 Å². The van der Waals surface area contributed by atoms with E-state index in [4.69, 9.17) is 0 Å². The lowest BCUT2D eigenvalue weighted by Crippen LogP contribution is -2.38. The second-order valence-corrected chi connectivity index (χ2v) is 8.41. The molecule has 0 radical (unpaired) electrons. The lowest BCUT2D eigenvalue weighted by atomic mass is 10.0. The molecule has 1 aliphatic heterocycles. The molecule has 2 aromatic heterocycles. The molecule has 4 aromatic rings. The lowest BCUT2D eigenvalue weighted by molar-refractivity contribution is 0.235. The average Bonchev–Trinajstić information content (AvgIpc) is 3.23. The molecular weight excluding hydrogens is 380 g/mol. The standard InChI is InChI=1S/C22H22N6S/c1-2-5-17(6-3-1)16-28-22(24-25-26-28)21(27-11-13-29-14-12-27)19-8-9-20-18(15-19)7-4-10-23-20/h1-10,15,21H,11-14,16H2/t21-/m1/s1. The Bertz CT molecular complexity index is 1090. The molecule has 1 aliphatic rings. The first kappa shape index (κ1) is 18.3. The lowest BCUT2D eigenvalue weighted by Gasteiger charge is -2.33. The molecule has 3 heterocycles. The molecule has 0 amide bonds. The molecule has 1 fully saturated rings. The van der Waals surface area contributed by atoms with Crippen molar-refractivity contribution in [1.29, 1.82) is 0 Å². The zero-order valence-electron chi connectivity index (χ0n) is 16.1. The van der Waals surface area contributed by atoms with Gasteiger partial charge in [0, 0.05) is 36.2 Å². The molecule has 0 unspecified atom stereocenters. The van der Waals surface area contributed by atoms with E-state index in [-0.39, 0.29) is 6.04 Å². The van der Waals surface area contributed by atoms with Gasteiger partial charge in [-0.1, -0.05) is 42.5 Å². The van der Waals surface area contributed by atoms with Crippen molar-refractivity contribution in [3.8, 4) is 0 Å². The van der Waals surface area contributed by atoms with E-state index in [1.54, 1.807) is 0 Å². The molecule has 146 valence electrons. The predicted molar refractivity (Wildman–Crippen MR) is 116 cm³/mol. The van der Waals surface area contributed by atoms with Gasteiger partial charge in [0.15, 0.2) is 5.82 Å². The predicted octanol–water partition coefficient (Wildman–Crippen LogP) is 3.41. The summed E-state index contributed by atoms with van der Waals surface area (Å²) < 4.78 is 1.94. The Morgan fingerprint density at radius 2 is 1.83 bits per heavy atom. The fourth-order valence-corrected chi connectivity index (χ4v) is 4.83. The minimum Gasteiger partial charge on any atom is -0.288 e. The van der Waals surface area contributed by atoms with Gasteiger partial charge >= 0.3 is 0 Å². The summed E-state index contributed by atoms with van der Waals surface area (Å²) in [5, 5.41) is 14.0. The van der Waals surface area contributed by atoms with Crippen LogP contribution in [0, 0.1) is 0 Å². The van der Waals surface area contributed by atoms with Crippen LogP contribution in [0.25, 0.3) is 10.9 Å². The minimum absolute atomic E-state index is 0.0271. The maximum absolute atomic E-state index is 4.48. The van der Waals surface area contributed by atoms with E-state index in [2.05, 4.69) is 73.9 Å². The highest BCUT2D eigenvalue weighted by Gasteiger charge is 2.29. The first-order valence-electron chi connectivity index (χ1n) is 9.85. The van der Waals surface area contributed by atoms with E-state index in [0.29, 0.717) is 6.54 Å². The van der Waals surface area contributed by atoms with E-state index in [1.165, 1.54) is 11.1 Å². The first-order valence-corrected chi connectivity index (χ1v) is 11.0. The summed E-state index contributed by atoms with van der Waals surface area (Å²) in [5.41, 5.74) is 3.41. The van der Waals surface area contributed by atoms with Crippen LogP contribution in [0.15, 0.2) is 66.9 Å². The Kier molecular flexibility index (Phi) is 5.23. The van der Waals surface area contributed by atoms with Crippen molar-refractivity contribution in [3.63, 3.8) is 0 Å². The Balaban J connectivity index is 1.57. The Morgan fingerprint density at radius 1 is 0.966 bits per heavy atom. The van der Waals surface area contributed by atoms with Crippen LogP contribution in [0.4, 0.5) is 0 Å². The van der Waals surface area contributed by atoms with Gasteiger partial charge in [-0.05, 0) is 39.8 Å². The van der Waals surface area contributed by atoms with Crippen molar-refractivity contribution in [2.24, 2.45) is 0 Å². The Labute approximate surface area is 173 Å².